The Balaban J connectivity index is 0.00000225. The molecule has 2 saturated heterocycles. The Kier molecular flexibility index (Phi) is 8.40. The summed E-state index contributed by atoms with van der Waals surface area (Å²) in [7, 11) is 0. The fraction of sp³-hybridized carbons (Fsp3) is 0.632. The van der Waals surface area contributed by atoms with E-state index in [2.05, 4.69) is 29.3 Å². The number of nitrogens with zero attached hydrogens (tertiary/aromatic N) is 1. The average molecular weight is 403 g/mol. The fourth-order valence-electron chi connectivity index (χ4n) is 3.79. The molecule has 3 atom stereocenters. The van der Waals surface area contributed by atoms with Crippen LogP contribution in [0.15, 0.2) is 24.3 Å². The van der Waals surface area contributed by atoms with E-state index in [9.17, 15) is 4.79 Å². The van der Waals surface area contributed by atoms with Crippen molar-refractivity contribution in [1.82, 2.24) is 10.2 Å². The molecular formula is C19H28Cl2N2OS. The van der Waals surface area contributed by atoms with Gasteiger partial charge in [-0.15, -0.1) is 12.4 Å². The van der Waals surface area contributed by atoms with Gasteiger partial charge in [0.1, 0.15) is 0 Å². The van der Waals surface area contributed by atoms with Gasteiger partial charge in [-0.05, 0) is 55.5 Å². The molecule has 0 bridgehead atoms. The fourth-order valence-corrected chi connectivity index (χ4v) is 5.00. The highest BCUT2D eigenvalue weighted by Gasteiger charge is 2.30. The van der Waals surface area contributed by atoms with E-state index in [4.69, 9.17) is 11.6 Å². The maximum Gasteiger partial charge on any atom is 0.223 e. The van der Waals surface area contributed by atoms with Crippen LogP contribution in [0.4, 0.5) is 0 Å². The largest absolute Gasteiger partial charge is 0.334 e. The Morgan fingerprint density at radius 1 is 1.40 bits per heavy atom. The number of benzene rings is 1. The van der Waals surface area contributed by atoms with Gasteiger partial charge in [-0.25, -0.2) is 0 Å². The van der Waals surface area contributed by atoms with Gasteiger partial charge in [0.05, 0.1) is 6.04 Å². The molecule has 0 aliphatic carbocycles. The lowest BCUT2D eigenvalue weighted by Gasteiger charge is -2.37. The molecule has 1 amide bonds. The van der Waals surface area contributed by atoms with Crippen molar-refractivity contribution in [3.05, 3.63) is 34.9 Å². The second-order valence-electron chi connectivity index (χ2n) is 7.02. The molecule has 3 nitrogen and oxygen atoms in total. The molecule has 1 N–H and O–H groups in total. The number of rotatable bonds is 4. The van der Waals surface area contributed by atoms with E-state index in [1.807, 2.05) is 23.9 Å². The standard InChI is InChI=1S/C19H27ClN2OS.ClH/c1-14(16-3-2-8-21-12-16)11-19(23)22-9-10-24-13-18(22)15-4-6-17(20)7-5-15;/h4-7,14,16,18,21H,2-3,8-13H2,1H3;1H. The van der Waals surface area contributed by atoms with Gasteiger partial charge in [-0.3, -0.25) is 4.79 Å². The molecule has 2 fully saturated rings. The van der Waals surface area contributed by atoms with Crippen molar-refractivity contribution < 1.29 is 4.79 Å². The first-order valence-electron chi connectivity index (χ1n) is 8.98. The smallest absolute Gasteiger partial charge is 0.223 e. The molecule has 3 unspecified atom stereocenters. The summed E-state index contributed by atoms with van der Waals surface area (Å²) < 4.78 is 0. The van der Waals surface area contributed by atoms with Crippen LogP contribution in [0.1, 0.15) is 37.8 Å². The summed E-state index contributed by atoms with van der Waals surface area (Å²) in [5.41, 5.74) is 1.20. The minimum absolute atomic E-state index is 0. The predicted molar refractivity (Wildman–Crippen MR) is 110 cm³/mol. The van der Waals surface area contributed by atoms with E-state index < -0.39 is 0 Å². The molecule has 3 rings (SSSR count). The third kappa shape index (κ3) is 5.53. The summed E-state index contributed by atoms with van der Waals surface area (Å²) >= 11 is 7.95. The Morgan fingerprint density at radius 2 is 2.16 bits per heavy atom. The summed E-state index contributed by atoms with van der Waals surface area (Å²) in [6, 6.07) is 8.16. The number of amides is 1. The van der Waals surface area contributed by atoms with Gasteiger partial charge >= 0.3 is 0 Å². The molecule has 1 aromatic carbocycles. The molecule has 0 spiro atoms. The van der Waals surface area contributed by atoms with Gasteiger partial charge in [-0.2, -0.15) is 11.8 Å². The number of hydrogen-bond acceptors (Lipinski definition) is 3. The molecule has 2 heterocycles. The van der Waals surface area contributed by atoms with Crippen LogP contribution in [0.5, 0.6) is 0 Å². The van der Waals surface area contributed by atoms with Gasteiger partial charge in [-0.1, -0.05) is 30.7 Å². The van der Waals surface area contributed by atoms with Crippen molar-refractivity contribution in [2.45, 2.75) is 32.2 Å². The van der Waals surface area contributed by atoms with Crippen molar-refractivity contribution in [2.24, 2.45) is 11.8 Å². The summed E-state index contributed by atoms with van der Waals surface area (Å²) in [5, 5.41) is 4.22. The molecule has 2 aliphatic rings. The number of hydrogen-bond donors (Lipinski definition) is 1. The van der Waals surface area contributed by atoms with E-state index >= 15 is 0 Å². The number of carbonyl (C=O) groups excluding carboxylic acids is 1. The SMILES string of the molecule is CC(CC(=O)N1CCSCC1c1ccc(Cl)cc1)C1CCCNC1.Cl. The number of nitrogens with one attached hydrogen (secondary N) is 1. The van der Waals surface area contributed by atoms with Gasteiger partial charge in [0.25, 0.3) is 0 Å². The Bertz CT molecular complexity index is 549. The van der Waals surface area contributed by atoms with Crippen molar-refractivity contribution in [3.8, 4) is 0 Å². The van der Waals surface area contributed by atoms with E-state index in [1.165, 1.54) is 18.4 Å². The minimum Gasteiger partial charge on any atom is -0.334 e. The van der Waals surface area contributed by atoms with Crippen molar-refractivity contribution in [3.63, 3.8) is 0 Å². The number of piperidine rings is 1. The lowest BCUT2D eigenvalue weighted by Crippen LogP contribution is -2.42. The van der Waals surface area contributed by atoms with Crippen LogP contribution < -0.4 is 5.32 Å². The van der Waals surface area contributed by atoms with E-state index in [0.717, 1.165) is 36.2 Å². The molecular weight excluding hydrogens is 375 g/mol. The van der Waals surface area contributed by atoms with E-state index in [0.29, 0.717) is 24.2 Å². The van der Waals surface area contributed by atoms with Gasteiger partial charge in [0.2, 0.25) is 5.91 Å². The number of halogens is 2. The number of carbonyl (C=O) groups is 1. The zero-order valence-electron chi connectivity index (χ0n) is 14.7. The van der Waals surface area contributed by atoms with Crippen LogP contribution in [-0.2, 0) is 4.79 Å². The van der Waals surface area contributed by atoms with E-state index in [-0.39, 0.29) is 18.4 Å². The van der Waals surface area contributed by atoms with Crippen molar-refractivity contribution in [2.75, 3.05) is 31.1 Å². The molecule has 0 radical (unpaired) electrons. The first kappa shape index (κ1) is 20.9. The van der Waals surface area contributed by atoms with Crippen molar-refractivity contribution >= 4 is 41.7 Å². The van der Waals surface area contributed by atoms with Crippen LogP contribution in [0.25, 0.3) is 0 Å². The average Bonchev–Trinajstić information content (AvgIpc) is 2.63. The van der Waals surface area contributed by atoms with E-state index in [1.54, 1.807) is 0 Å². The lowest BCUT2D eigenvalue weighted by molar-refractivity contribution is -0.134. The highest BCUT2D eigenvalue weighted by atomic mass is 35.5. The van der Waals surface area contributed by atoms with Gasteiger partial charge in [0, 0.05) is 29.5 Å². The second-order valence-corrected chi connectivity index (χ2v) is 8.60. The maximum atomic E-state index is 13.0. The molecule has 25 heavy (non-hydrogen) atoms. The van der Waals surface area contributed by atoms with Crippen LogP contribution in [0.2, 0.25) is 5.02 Å². The highest BCUT2D eigenvalue weighted by molar-refractivity contribution is 7.99. The third-order valence-electron chi connectivity index (χ3n) is 5.34. The second kappa shape index (κ2) is 10.1. The molecule has 0 saturated carbocycles. The molecule has 2 aliphatic heterocycles. The normalized spacial score (nSPS) is 25.1. The summed E-state index contributed by atoms with van der Waals surface area (Å²) in [6.07, 6.45) is 3.15. The Labute approximate surface area is 166 Å². The lowest BCUT2D eigenvalue weighted by atomic mass is 9.85. The highest BCUT2D eigenvalue weighted by Crippen LogP contribution is 2.32. The first-order chi connectivity index (χ1) is 11.6. The topological polar surface area (TPSA) is 32.3 Å². The van der Waals surface area contributed by atoms with Gasteiger partial charge < -0.3 is 10.2 Å². The zero-order valence-corrected chi connectivity index (χ0v) is 17.1. The van der Waals surface area contributed by atoms with Crippen molar-refractivity contribution in [1.29, 1.82) is 0 Å². The molecule has 6 heteroatoms. The van der Waals surface area contributed by atoms with Crippen LogP contribution in [-0.4, -0.2) is 41.9 Å². The van der Waals surface area contributed by atoms with Crippen LogP contribution in [0.3, 0.4) is 0 Å². The quantitative estimate of drug-likeness (QED) is 0.809. The summed E-state index contributed by atoms with van der Waals surface area (Å²) in [5.74, 6) is 3.41. The van der Waals surface area contributed by atoms with Crippen LogP contribution >= 0.6 is 35.8 Å². The molecule has 0 aromatic heterocycles. The Hall–Kier alpha value is -0.420. The number of thioether (sulfide) groups is 1. The molecule has 1 aromatic rings. The zero-order chi connectivity index (χ0) is 16.9. The predicted octanol–water partition coefficient (Wildman–Crippen LogP) is 4.40. The Morgan fingerprint density at radius 3 is 2.84 bits per heavy atom. The maximum absolute atomic E-state index is 13.0. The minimum atomic E-state index is 0. The first-order valence-corrected chi connectivity index (χ1v) is 10.5. The monoisotopic (exact) mass is 402 g/mol. The van der Waals surface area contributed by atoms with Gasteiger partial charge in [0.15, 0.2) is 0 Å². The summed E-state index contributed by atoms with van der Waals surface area (Å²) in [4.78, 5) is 15.1. The molecule has 140 valence electrons. The third-order valence-corrected chi connectivity index (χ3v) is 6.61. The van der Waals surface area contributed by atoms with Crippen LogP contribution in [0, 0.1) is 11.8 Å². The summed E-state index contributed by atoms with van der Waals surface area (Å²) in [6.45, 7) is 5.28.